The Bertz CT molecular complexity index is 882. The van der Waals surface area contributed by atoms with Gasteiger partial charge >= 0.3 is 0 Å². The summed E-state index contributed by atoms with van der Waals surface area (Å²) in [6.45, 7) is 6.75. The fourth-order valence-corrected chi connectivity index (χ4v) is 3.66. The first-order valence-electron chi connectivity index (χ1n) is 9.01. The monoisotopic (exact) mass is 430 g/mol. The summed E-state index contributed by atoms with van der Waals surface area (Å²) in [4.78, 5) is 27.0. The lowest BCUT2D eigenvalue weighted by atomic mass is 10.1. The molecular formula is C21H23BrN2O3. The van der Waals surface area contributed by atoms with Crippen molar-refractivity contribution in [1.29, 1.82) is 0 Å². The van der Waals surface area contributed by atoms with Gasteiger partial charge in [0.15, 0.2) is 0 Å². The molecule has 1 fully saturated rings. The van der Waals surface area contributed by atoms with E-state index in [0.29, 0.717) is 18.9 Å². The van der Waals surface area contributed by atoms with Crippen molar-refractivity contribution in [2.75, 3.05) is 23.4 Å². The first kappa shape index (κ1) is 19.4. The SMILES string of the molecule is CCOc1ccccc1N1C[C@@H](C(=O)Nc2ccc(Br)c(C)c2C)CC1=O. The lowest BCUT2D eigenvalue weighted by Gasteiger charge is -2.20. The topological polar surface area (TPSA) is 58.6 Å². The number of hydrogen-bond acceptors (Lipinski definition) is 3. The van der Waals surface area contributed by atoms with Gasteiger partial charge in [-0.3, -0.25) is 9.59 Å². The number of hydrogen-bond donors (Lipinski definition) is 1. The molecule has 0 spiro atoms. The molecule has 2 amide bonds. The molecule has 3 rings (SSSR count). The number of carbonyl (C=O) groups excluding carboxylic acids is 2. The molecular weight excluding hydrogens is 408 g/mol. The molecule has 1 aliphatic rings. The average Bonchev–Trinajstić information content (AvgIpc) is 3.04. The van der Waals surface area contributed by atoms with Gasteiger partial charge in [-0.05, 0) is 56.2 Å². The van der Waals surface area contributed by atoms with Gasteiger partial charge in [0.1, 0.15) is 5.75 Å². The van der Waals surface area contributed by atoms with E-state index < -0.39 is 5.92 Å². The minimum atomic E-state index is -0.393. The molecule has 1 atom stereocenters. The average molecular weight is 431 g/mol. The fraction of sp³-hybridized carbons (Fsp3) is 0.333. The highest BCUT2D eigenvalue weighted by Gasteiger charge is 2.36. The summed E-state index contributed by atoms with van der Waals surface area (Å²) in [5, 5.41) is 2.98. The highest BCUT2D eigenvalue weighted by Crippen LogP contribution is 2.34. The number of halogens is 1. The van der Waals surface area contributed by atoms with Crippen LogP contribution in [0.3, 0.4) is 0 Å². The van der Waals surface area contributed by atoms with E-state index in [4.69, 9.17) is 4.74 Å². The van der Waals surface area contributed by atoms with Crippen LogP contribution < -0.4 is 15.0 Å². The highest BCUT2D eigenvalue weighted by molar-refractivity contribution is 9.10. The fourth-order valence-electron chi connectivity index (χ4n) is 3.23. The maximum atomic E-state index is 12.8. The van der Waals surface area contributed by atoms with Gasteiger partial charge in [-0.15, -0.1) is 0 Å². The standard InChI is InChI=1S/C21H23BrN2O3/c1-4-27-19-8-6-5-7-18(19)24-12-15(11-20(24)25)21(26)23-17-10-9-16(22)13(2)14(17)3/h5-10,15H,4,11-12H2,1-3H3,(H,23,26)/t15-/m0/s1. The van der Waals surface area contributed by atoms with Crippen LogP contribution in [0, 0.1) is 19.8 Å². The van der Waals surface area contributed by atoms with Gasteiger partial charge in [0.25, 0.3) is 0 Å². The number of nitrogens with zero attached hydrogens (tertiary/aromatic N) is 1. The zero-order valence-corrected chi connectivity index (χ0v) is 17.3. The first-order chi connectivity index (χ1) is 12.9. The van der Waals surface area contributed by atoms with Crippen molar-refractivity contribution >= 4 is 39.1 Å². The van der Waals surface area contributed by atoms with E-state index in [1.165, 1.54) is 0 Å². The lowest BCUT2D eigenvalue weighted by Crippen LogP contribution is -2.28. The van der Waals surface area contributed by atoms with E-state index in [0.717, 1.165) is 27.0 Å². The van der Waals surface area contributed by atoms with Crippen LogP contribution in [0.25, 0.3) is 0 Å². The summed E-state index contributed by atoms with van der Waals surface area (Å²) in [7, 11) is 0. The largest absolute Gasteiger partial charge is 0.492 e. The number of carbonyl (C=O) groups is 2. The zero-order chi connectivity index (χ0) is 19.6. The van der Waals surface area contributed by atoms with Gasteiger partial charge in [-0.1, -0.05) is 28.1 Å². The second kappa shape index (κ2) is 8.13. The Kier molecular flexibility index (Phi) is 5.85. The smallest absolute Gasteiger partial charge is 0.229 e. The molecule has 0 aliphatic carbocycles. The van der Waals surface area contributed by atoms with Crippen LogP contribution in [0.2, 0.25) is 0 Å². The third-order valence-electron chi connectivity index (χ3n) is 4.93. The molecule has 0 radical (unpaired) electrons. The van der Waals surface area contributed by atoms with Crippen LogP contribution >= 0.6 is 15.9 Å². The minimum Gasteiger partial charge on any atom is -0.492 e. The summed E-state index contributed by atoms with van der Waals surface area (Å²) in [5.74, 6) is 0.0693. The van der Waals surface area contributed by atoms with Gasteiger partial charge in [0, 0.05) is 23.1 Å². The Labute approximate surface area is 167 Å². The van der Waals surface area contributed by atoms with Crippen LogP contribution in [0.4, 0.5) is 11.4 Å². The number of ether oxygens (including phenoxy) is 1. The van der Waals surface area contributed by atoms with Gasteiger partial charge in [-0.2, -0.15) is 0 Å². The predicted octanol–water partition coefficient (Wildman–Crippen LogP) is 4.46. The van der Waals surface area contributed by atoms with E-state index in [2.05, 4.69) is 21.2 Å². The molecule has 2 aromatic rings. The Morgan fingerprint density at radius 1 is 1.22 bits per heavy atom. The van der Waals surface area contributed by atoms with Crippen LogP contribution in [-0.4, -0.2) is 25.0 Å². The third kappa shape index (κ3) is 4.00. The van der Waals surface area contributed by atoms with Crippen molar-refractivity contribution in [3.63, 3.8) is 0 Å². The normalized spacial score (nSPS) is 16.5. The van der Waals surface area contributed by atoms with Crippen molar-refractivity contribution < 1.29 is 14.3 Å². The maximum Gasteiger partial charge on any atom is 0.229 e. The second-order valence-electron chi connectivity index (χ2n) is 6.64. The Morgan fingerprint density at radius 2 is 1.96 bits per heavy atom. The number of para-hydroxylation sites is 2. The predicted molar refractivity (Wildman–Crippen MR) is 110 cm³/mol. The molecule has 6 heteroatoms. The zero-order valence-electron chi connectivity index (χ0n) is 15.7. The second-order valence-corrected chi connectivity index (χ2v) is 7.49. The van der Waals surface area contributed by atoms with Gasteiger partial charge < -0.3 is 15.0 Å². The van der Waals surface area contributed by atoms with Crippen molar-refractivity contribution in [1.82, 2.24) is 0 Å². The number of rotatable bonds is 5. The molecule has 5 nitrogen and oxygen atoms in total. The molecule has 0 aromatic heterocycles. The van der Waals surface area contributed by atoms with Crippen LogP contribution in [-0.2, 0) is 9.59 Å². The Balaban J connectivity index is 1.76. The molecule has 0 saturated carbocycles. The summed E-state index contributed by atoms with van der Waals surface area (Å²) in [6, 6.07) is 11.2. The number of nitrogens with one attached hydrogen (secondary N) is 1. The van der Waals surface area contributed by atoms with Gasteiger partial charge in [0.05, 0.1) is 18.2 Å². The van der Waals surface area contributed by atoms with Crippen molar-refractivity contribution in [3.8, 4) is 5.75 Å². The molecule has 1 heterocycles. The molecule has 0 unspecified atom stereocenters. The van der Waals surface area contributed by atoms with E-state index >= 15 is 0 Å². The van der Waals surface area contributed by atoms with Crippen molar-refractivity contribution in [2.45, 2.75) is 27.2 Å². The van der Waals surface area contributed by atoms with E-state index in [1.807, 2.05) is 57.2 Å². The highest BCUT2D eigenvalue weighted by atomic mass is 79.9. The van der Waals surface area contributed by atoms with Gasteiger partial charge in [-0.25, -0.2) is 0 Å². The maximum absolute atomic E-state index is 12.8. The first-order valence-corrected chi connectivity index (χ1v) is 9.80. The van der Waals surface area contributed by atoms with Gasteiger partial charge in [0.2, 0.25) is 11.8 Å². The molecule has 1 aliphatic heterocycles. The van der Waals surface area contributed by atoms with Crippen molar-refractivity contribution in [3.05, 3.63) is 52.0 Å². The van der Waals surface area contributed by atoms with E-state index in [9.17, 15) is 9.59 Å². The van der Waals surface area contributed by atoms with Crippen LogP contribution in [0.5, 0.6) is 5.75 Å². The lowest BCUT2D eigenvalue weighted by molar-refractivity contribution is -0.122. The van der Waals surface area contributed by atoms with Crippen LogP contribution in [0.15, 0.2) is 40.9 Å². The summed E-state index contributed by atoms with van der Waals surface area (Å²) >= 11 is 3.50. The molecule has 1 saturated heterocycles. The van der Waals surface area contributed by atoms with Crippen LogP contribution in [0.1, 0.15) is 24.5 Å². The third-order valence-corrected chi connectivity index (χ3v) is 5.79. The molecule has 2 aromatic carbocycles. The Morgan fingerprint density at radius 3 is 2.70 bits per heavy atom. The summed E-state index contributed by atoms with van der Waals surface area (Å²) < 4.78 is 6.64. The number of anilines is 2. The Hall–Kier alpha value is -2.34. The quantitative estimate of drug-likeness (QED) is 0.761. The molecule has 142 valence electrons. The summed E-state index contributed by atoms with van der Waals surface area (Å²) in [5.41, 5.74) is 3.60. The number of benzene rings is 2. The molecule has 1 N–H and O–H groups in total. The molecule has 27 heavy (non-hydrogen) atoms. The number of amides is 2. The van der Waals surface area contributed by atoms with E-state index in [1.54, 1.807) is 4.90 Å². The minimum absolute atomic E-state index is 0.0639. The van der Waals surface area contributed by atoms with E-state index in [-0.39, 0.29) is 18.2 Å². The van der Waals surface area contributed by atoms with Crippen molar-refractivity contribution in [2.24, 2.45) is 5.92 Å². The summed E-state index contributed by atoms with van der Waals surface area (Å²) in [6.07, 6.45) is 0.195. The molecule has 0 bridgehead atoms.